The Morgan fingerprint density at radius 1 is 1.00 bits per heavy atom. The van der Waals surface area contributed by atoms with Crippen molar-refractivity contribution in [3.63, 3.8) is 0 Å². The summed E-state index contributed by atoms with van der Waals surface area (Å²) in [5.41, 5.74) is 1.17. The number of fused-ring (bicyclic) bond motifs is 2. The predicted octanol–water partition coefficient (Wildman–Crippen LogP) is 4.66. The van der Waals surface area contributed by atoms with Crippen molar-refractivity contribution in [1.82, 2.24) is 14.7 Å². The van der Waals surface area contributed by atoms with Crippen LogP contribution in [0.4, 0.5) is 16.2 Å². The number of amides is 4. The average molecular weight is 684 g/mol. The first-order valence-corrected chi connectivity index (χ1v) is 17.2. The standard InChI is InChI=1S/C36H53N5O8/c1-24-20-41(25(2)22-42)35(44)29-18-27(37-36(45)38-28-13-15-31-32(19-28)48-23-47-31)12-14-30(29)49-26(3)10-7-8-17-46-33(24)21-40(6)34(43)11-9-16-39(4)5/h12-15,18-19,24-26,33,42H,7-11,16-17,20-23H2,1-6H3,(H2,37,38,45)/t24-,25-,26+,33+/m0/s1. The quantitative estimate of drug-likeness (QED) is 0.326. The third-order valence-electron chi connectivity index (χ3n) is 8.82. The van der Waals surface area contributed by atoms with Crippen LogP contribution in [-0.4, -0.2) is 117 Å². The number of urea groups is 1. The van der Waals surface area contributed by atoms with Gasteiger partial charge in [0.1, 0.15) is 5.75 Å². The summed E-state index contributed by atoms with van der Waals surface area (Å²) in [6.45, 7) is 7.63. The van der Waals surface area contributed by atoms with Gasteiger partial charge in [0.2, 0.25) is 12.7 Å². The summed E-state index contributed by atoms with van der Waals surface area (Å²) in [5.74, 6) is 1.08. The molecular formula is C36H53N5O8. The minimum Gasteiger partial charge on any atom is -0.490 e. The van der Waals surface area contributed by atoms with Crippen molar-refractivity contribution in [3.8, 4) is 17.2 Å². The van der Waals surface area contributed by atoms with Gasteiger partial charge in [-0.2, -0.15) is 0 Å². The molecule has 0 fully saturated rings. The number of rotatable bonds is 10. The van der Waals surface area contributed by atoms with Gasteiger partial charge in [0, 0.05) is 56.5 Å². The van der Waals surface area contributed by atoms with Gasteiger partial charge in [0.05, 0.1) is 30.4 Å². The number of benzene rings is 2. The Kier molecular flexibility index (Phi) is 13.9. The van der Waals surface area contributed by atoms with Crippen LogP contribution in [0.25, 0.3) is 0 Å². The van der Waals surface area contributed by atoms with Crippen molar-refractivity contribution >= 4 is 29.2 Å². The number of ether oxygens (including phenoxy) is 4. The molecule has 2 aromatic carbocycles. The minimum absolute atomic E-state index is 0.0520. The van der Waals surface area contributed by atoms with Crippen LogP contribution in [0, 0.1) is 5.92 Å². The van der Waals surface area contributed by atoms with E-state index in [1.165, 1.54) is 0 Å². The molecule has 49 heavy (non-hydrogen) atoms. The maximum Gasteiger partial charge on any atom is 0.323 e. The average Bonchev–Trinajstić information content (AvgIpc) is 3.53. The fourth-order valence-corrected chi connectivity index (χ4v) is 5.84. The summed E-state index contributed by atoms with van der Waals surface area (Å²) in [7, 11) is 5.77. The molecule has 2 heterocycles. The first kappa shape index (κ1) is 37.7. The number of carbonyl (C=O) groups excluding carboxylic acids is 3. The highest BCUT2D eigenvalue weighted by Gasteiger charge is 2.31. The first-order valence-electron chi connectivity index (χ1n) is 17.2. The largest absolute Gasteiger partial charge is 0.490 e. The van der Waals surface area contributed by atoms with Gasteiger partial charge >= 0.3 is 6.03 Å². The van der Waals surface area contributed by atoms with E-state index in [0.29, 0.717) is 48.2 Å². The number of nitrogens with zero attached hydrogens (tertiary/aromatic N) is 3. The monoisotopic (exact) mass is 683 g/mol. The predicted molar refractivity (Wildman–Crippen MR) is 188 cm³/mol. The molecule has 13 heteroatoms. The smallest absolute Gasteiger partial charge is 0.323 e. The topological polar surface area (TPSA) is 142 Å². The zero-order valence-electron chi connectivity index (χ0n) is 29.7. The van der Waals surface area contributed by atoms with Crippen molar-refractivity contribution in [2.24, 2.45) is 5.92 Å². The van der Waals surface area contributed by atoms with Crippen molar-refractivity contribution < 1.29 is 38.4 Å². The Morgan fingerprint density at radius 3 is 2.41 bits per heavy atom. The molecule has 3 N–H and O–H groups in total. The number of aliphatic hydroxyl groups is 1. The van der Waals surface area contributed by atoms with Crippen LogP contribution in [0.1, 0.15) is 63.2 Å². The Balaban J connectivity index is 1.55. The Bertz CT molecular complexity index is 1420. The summed E-state index contributed by atoms with van der Waals surface area (Å²) >= 11 is 0. The zero-order valence-corrected chi connectivity index (χ0v) is 29.7. The van der Waals surface area contributed by atoms with Crippen molar-refractivity contribution in [3.05, 3.63) is 42.0 Å². The SMILES string of the molecule is C[C@@H]1CCCCO[C@H](CN(C)C(=O)CCCN(C)C)[C@@H](C)CN([C@@H](C)CO)C(=O)c2cc(NC(=O)Nc3ccc4c(c3)OCO4)ccc2O1. The lowest BCUT2D eigenvalue weighted by Gasteiger charge is -2.36. The number of nitrogens with one attached hydrogen (secondary N) is 2. The third kappa shape index (κ3) is 11.0. The molecule has 13 nitrogen and oxygen atoms in total. The van der Waals surface area contributed by atoms with E-state index in [9.17, 15) is 19.5 Å². The van der Waals surface area contributed by atoms with E-state index < -0.39 is 12.1 Å². The number of likely N-dealkylation sites (N-methyl/N-ethyl adjacent to an activating group) is 1. The molecule has 4 amide bonds. The van der Waals surface area contributed by atoms with E-state index in [2.05, 4.69) is 15.5 Å². The van der Waals surface area contributed by atoms with Gasteiger partial charge in [0.25, 0.3) is 5.91 Å². The van der Waals surface area contributed by atoms with Crippen molar-refractivity contribution in [2.45, 2.75) is 71.1 Å². The van der Waals surface area contributed by atoms with Gasteiger partial charge in [-0.3, -0.25) is 9.59 Å². The number of aliphatic hydroxyl groups excluding tert-OH is 1. The maximum absolute atomic E-state index is 14.4. The van der Waals surface area contributed by atoms with Crippen LogP contribution in [0.3, 0.4) is 0 Å². The lowest BCUT2D eigenvalue weighted by Crippen LogP contribution is -2.48. The molecule has 0 spiro atoms. The zero-order chi connectivity index (χ0) is 35.5. The van der Waals surface area contributed by atoms with E-state index in [1.807, 2.05) is 27.9 Å². The van der Waals surface area contributed by atoms with Gasteiger partial charge in [-0.25, -0.2) is 4.79 Å². The molecule has 0 saturated carbocycles. The highest BCUT2D eigenvalue weighted by Crippen LogP contribution is 2.34. The van der Waals surface area contributed by atoms with Gasteiger partial charge in [0.15, 0.2) is 11.5 Å². The molecule has 4 rings (SSSR count). The van der Waals surface area contributed by atoms with Gasteiger partial charge in [-0.15, -0.1) is 0 Å². The summed E-state index contributed by atoms with van der Waals surface area (Å²) in [6.07, 6.45) is 3.13. The van der Waals surface area contributed by atoms with Crippen LogP contribution < -0.4 is 24.8 Å². The van der Waals surface area contributed by atoms with E-state index in [-0.39, 0.29) is 55.4 Å². The van der Waals surface area contributed by atoms with Gasteiger partial charge < -0.3 is 49.4 Å². The molecular weight excluding hydrogens is 630 g/mol. The molecule has 2 aromatic rings. The normalized spacial score (nSPS) is 20.5. The van der Waals surface area contributed by atoms with Crippen LogP contribution in [-0.2, 0) is 9.53 Å². The second kappa shape index (κ2) is 18.1. The van der Waals surface area contributed by atoms with E-state index in [1.54, 1.807) is 60.2 Å². The lowest BCUT2D eigenvalue weighted by molar-refractivity contribution is -0.132. The molecule has 2 aliphatic rings. The molecule has 0 radical (unpaired) electrons. The van der Waals surface area contributed by atoms with Crippen LogP contribution in [0.2, 0.25) is 0 Å². The lowest BCUT2D eigenvalue weighted by atomic mass is 10.0. The fraction of sp³-hybridized carbons (Fsp3) is 0.583. The molecule has 270 valence electrons. The molecule has 0 aliphatic carbocycles. The van der Waals surface area contributed by atoms with E-state index in [0.717, 1.165) is 32.2 Å². The fourth-order valence-electron chi connectivity index (χ4n) is 5.84. The second-order valence-corrected chi connectivity index (χ2v) is 13.3. The summed E-state index contributed by atoms with van der Waals surface area (Å²) in [6, 6.07) is 9.07. The second-order valence-electron chi connectivity index (χ2n) is 13.3. The summed E-state index contributed by atoms with van der Waals surface area (Å²) < 4.78 is 23.4. The van der Waals surface area contributed by atoms with Gasteiger partial charge in [-0.05, 0) is 90.5 Å². The number of anilines is 2. The molecule has 0 aromatic heterocycles. The molecule has 2 aliphatic heterocycles. The Labute approximate surface area is 289 Å². The minimum atomic E-state index is -0.523. The highest BCUT2D eigenvalue weighted by atomic mass is 16.7. The Hall–Kier alpha value is -4.07. The molecule has 0 saturated heterocycles. The third-order valence-corrected chi connectivity index (χ3v) is 8.82. The number of hydrogen-bond donors (Lipinski definition) is 3. The molecule has 0 unspecified atom stereocenters. The molecule has 0 bridgehead atoms. The van der Waals surface area contributed by atoms with E-state index >= 15 is 0 Å². The first-order chi connectivity index (χ1) is 23.4. The number of carbonyl (C=O) groups is 3. The Morgan fingerprint density at radius 2 is 1.69 bits per heavy atom. The van der Waals surface area contributed by atoms with Crippen LogP contribution in [0.5, 0.6) is 17.2 Å². The van der Waals surface area contributed by atoms with Gasteiger partial charge in [-0.1, -0.05) is 6.92 Å². The van der Waals surface area contributed by atoms with Crippen LogP contribution in [0.15, 0.2) is 36.4 Å². The van der Waals surface area contributed by atoms with E-state index in [4.69, 9.17) is 18.9 Å². The number of hydrogen-bond acceptors (Lipinski definition) is 9. The highest BCUT2D eigenvalue weighted by molar-refractivity contribution is 6.02. The molecule has 4 atom stereocenters. The summed E-state index contributed by atoms with van der Waals surface area (Å²) in [4.78, 5) is 45.7. The van der Waals surface area contributed by atoms with Crippen molar-refractivity contribution in [2.75, 3.05) is 71.4 Å². The van der Waals surface area contributed by atoms with Crippen molar-refractivity contribution in [1.29, 1.82) is 0 Å². The van der Waals surface area contributed by atoms with Crippen LogP contribution >= 0.6 is 0 Å². The summed E-state index contributed by atoms with van der Waals surface area (Å²) in [5, 5.41) is 15.8. The maximum atomic E-state index is 14.4.